The second kappa shape index (κ2) is 8.41. The average molecular weight is 361 g/mol. The quantitative estimate of drug-likeness (QED) is 0.478. The summed E-state index contributed by atoms with van der Waals surface area (Å²) in [5.41, 5.74) is 5.56. The predicted octanol–water partition coefficient (Wildman–Crippen LogP) is 3.83. The zero-order chi connectivity index (χ0) is 15.9. The van der Waals surface area contributed by atoms with Crippen molar-refractivity contribution >= 4 is 52.3 Å². The molecule has 1 aromatic carbocycles. The molecule has 8 heteroatoms. The highest BCUT2D eigenvalue weighted by Crippen LogP contribution is 2.29. The van der Waals surface area contributed by atoms with E-state index in [1.165, 1.54) is 19.3 Å². The molecule has 0 heterocycles. The van der Waals surface area contributed by atoms with E-state index in [4.69, 9.17) is 35.4 Å². The van der Waals surface area contributed by atoms with Crippen LogP contribution in [-0.4, -0.2) is 17.2 Å². The van der Waals surface area contributed by atoms with Gasteiger partial charge in [0, 0.05) is 6.04 Å². The highest BCUT2D eigenvalue weighted by atomic mass is 35.5. The molecule has 2 rings (SSSR count). The van der Waals surface area contributed by atoms with Gasteiger partial charge < -0.3 is 10.6 Å². The molecular formula is C14H18Cl2N4OS. The van der Waals surface area contributed by atoms with Crippen molar-refractivity contribution in [1.82, 2.24) is 16.2 Å². The van der Waals surface area contributed by atoms with Gasteiger partial charge in [-0.15, -0.1) is 0 Å². The first-order valence-electron chi connectivity index (χ1n) is 7.14. The van der Waals surface area contributed by atoms with E-state index in [9.17, 15) is 4.79 Å². The maximum absolute atomic E-state index is 11.8. The number of hydrogen-bond donors (Lipinski definition) is 4. The zero-order valence-corrected chi connectivity index (χ0v) is 14.2. The predicted molar refractivity (Wildman–Crippen MR) is 94.4 cm³/mol. The molecule has 4 N–H and O–H groups in total. The molecular weight excluding hydrogens is 343 g/mol. The lowest BCUT2D eigenvalue weighted by Crippen LogP contribution is -2.51. The van der Waals surface area contributed by atoms with E-state index in [0.717, 1.165) is 12.8 Å². The number of amides is 2. The number of benzene rings is 1. The van der Waals surface area contributed by atoms with E-state index in [1.807, 2.05) is 0 Å². The van der Waals surface area contributed by atoms with Crippen molar-refractivity contribution in [2.24, 2.45) is 0 Å². The van der Waals surface area contributed by atoms with Gasteiger partial charge in [0.25, 0.3) is 0 Å². The van der Waals surface area contributed by atoms with Gasteiger partial charge >= 0.3 is 6.03 Å². The SMILES string of the molecule is O=C(NNC(=S)NC1CCCCC1)Nc1cccc(Cl)c1Cl. The van der Waals surface area contributed by atoms with Gasteiger partial charge in [-0.25, -0.2) is 10.2 Å². The molecule has 22 heavy (non-hydrogen) atoms. The topological polar surface area (TPSA) is 65.2 Å². The number of rotatable bonds is 2. The van der Waals surface area contributed by atoms with Crippen molar-refractivity contribution in [3.05, 3.63) is 28.2 Å². The Morgan fingerprint density at radius 1 is 1.14 bits per heavy atom. The largest absolute Gasteiger partial charge is 0.359 e. The fraction of sp³-hybridized carbons (Fsp3) is 0.429. The van der Waals surface area contributed by atoms with Crippen molar-refractivity contribution in [3.8, 4) is 0 Å². The molecule has 0 aromatic heterocycles. The van der Waals surface area contributed by atoms with Gasteiger partial charge in [-0.2, -0.15) is 0 Å². The molecule has 0 saturated heterocycles. The summed E-state index contributed by atoms with van der Waals surface area (Å²) in [5, 5.41) is 6.86. The summed E-state index contributed by atoms with van der Waals surface area (Å²) in [6, 6.07) is 4.91. The van der Waals surface area contributed by atoms with Crippen LogP contribution < -0.4 is 21.5 Å². The van der Waals surface area contributed by atoms with Gasteiger partial charge in [0.15, 0.2) is 5.11 Å². The van der Waals surface area contributed by atoms with Gasteiger partial charge in [-0.3, -0.25) is 5.43 Å². The molecule has 0 unspecified atom stereocenters. The number of urea groups is 1. The van der Waals surface area contributed by atoms with Crippen LogP contribution in [-0.2, 0) is 0 Å². The molecule has 1 aliphatic carbocycles. The third-order valence-corrected chi connectivity index (χ3v) is 4.47. The van der Waals surface area contributed by atoms with Crippen LogP contribution in [0.25, 0.3) is 0 Å². The second-order valence-corrected chi connectivity index (χ2v) is 6.31. The minimum Gasteiger partial charge on any atom is -0.359 e. The summed E-state index contributed by atoms with van der Waals surface area (Å²) in [6.45, 7) is 0. The van der Waals surface area contributed by atoms with Crippen molar-refractivity contribution in [1.29, 1.82) is 0 Å². The molecule has 120 valence electrons. The van der Waals surface area contributed by atoms with E-state index in [0.29, 0.717) is 26.9 Å². The van der Waals surface area contributed by atoms with Gasteiger partial charge in [-0.1, -0.05) is 48.5 Å². The molecule has 2 amide bonds. The van der Waals surface area contributed by atoms with E-state index < -0.39 is 6.03 Å². The van der Waals surface area contributed by atoms with Crippen LogP contribution in [0.3, 0.4) is 0 Å². The molecule has 1 fully saturated rings. The molecule has 0 spiro atoms. The lowest BCUT2D eigenvalue weighted by atomic mass is 9.96. The Bertz CT molecular complexity index is 550. The Labute approximate surface area is 145 Å². The van der Waals surface area contributed by atoms with Crippen LogP contribution in [0.4, 0.5) is 10.5 Å². The van der Waals surface area contributed by atoms with Gasteiger partial charge in [0.1, 0.15) is 0 Å². The number of thiocarbonyl (C=S) groups is 1. The van der Waals surface area contributed by atoms with Gasteiger partial charge in [0.05, 0.1) is 15.7 Å². The molecule has 1 aliphatic rings. The van der Waals surface area contributed by atoms with Crippen LogP contribution in [0.15, 0.2) is 18.2 Å². The highest BCUT2D eigenvalue weighted by Gasteiger charge is 2.14. The normalized spacial score (nSPS) is 15.0. The summed E-state index contributed by atoms with van der Waals surface area (Å²) < 4.78 is 0. The third kappa shape index (κ3) is 5.19. The Hall–Kier alpha value is -1.24. The Morgan fingerprint density at radius 2 is 1.86 bits per heavy atom. The number of carbonyl (C=O) groups is 1. The van der Waals surface area contributed by atoms with Crippen LogP contribution in [0.2, 0.25) is 10.0 Å². The monoisotopic (exact) mass is 360 g/mol. The van der Waals surface area contributed by atoms with Crippen LogP contribution in [0.5, 0.6) is 0 Å². The van der Waals surface area contributed by atoms with E-state index in [-0.39, 0.29) is 0 Å². The number of nitrogens with one attached hydrogen (secondary N) is 4. The van der Waals surface area contributed by atoms with Crippen molar-refractivity contribution < 1.29 is 4.79 Å². The molecule has 0 aliphatic heterocycles. The minimum absolute atomic E-state index is 0.294. The summed E-state index contributed by atoms with van der Waals surface area (Å²) in [6.07, 6.45) is 5.90. The fourth-order valence-corrected chi connectivity index (χ4v) is 2.90. The number of anilines is 1. The Morgan fingerprint density at radius 3 is 2.59 bits per heavy atom. The van der Waals surface area contributed by atoms with Crippen molar-refractivity contribution in [2.45, 2.75) is 38.1 Å². The first kappa shape index (κ1) is 17.1. The van der Waals surface area contributed by atoms with E-state index in [2.05, 4.69) is 21.5 Å². The maximum atomic E-state index is 11.8. The minimum atomic E-state index is -0.475. The van der Waals surface area contributed by atoms with Crippen LogP contribution in [0.1, 0.15) is 32.1 Å². The van der Waals surface area contributed by atoms with Gasteiger partial charge in [-0.05, 0) is 37.2 Å². The summed E-state index contributed by atoms with van der Waals surface area (Å²) in [5.74, 6) is 0. The zero-order valence-electron chi connectivity index (χ0n) is 11.9. The lowest BCUT2D eigenvalue weighted by Gasteiger charge is -2.24. The number of hydrazine groups is 1. The van der Waals surface area contributed by atoms with Crippen LogP contribution >= 0.6 is 35.4 Å². The number of carbonyl (C=O) groups excluding carboxylic acids is 1. The molecule has 5 nitrogen and oxygen atoms in total. The smallest absolute Gasteiger partial charge is 0.337 e. The Kier molecular flexibility index (Phi) is 6.54. The fourth-order valence-electron chi connectivity index (χ4n) is 2.34. The lowest BCUT2D eigenvalue weighted by molar-refractivity contribution is 0.250. The second-order valence-electron chi connectivity index (χ2n) is 5.11. The number of hydrogen-bond acceptors (Lipinski definition) is 2. The molecule has 1 aromatic rings. The molecule has 0 bridgehead atoms. The average Bonchev–Trinajstić information content (AvgIpc) is 2.51. The summed E-state index contributed by atoms with van der Waals surface area (Å²) in [4.78, 5) is 11.8. The van der Waals surface area contributed by atoms with Crippen LogP contribution in [0, 0.1) is 0 Å². The summed E-state index contributed by atoms with van der Waals surface area (Å²) in [7, 11) is 0. The van der Waals surface area contributed by atoms with Crippen molar-refractivity contribution in [2.75, 3.05) is 5.32 Å². The third-order valence-electron chi connectivity index (χ3n) is 3.43. The van der Waals surface area contributed by atoms with E-state index >= 15 is 0 Å². The standard InChI is InChI=1S/C14H18Cl2N4OS/c15-10-7-4-8-11(12(10)16)18-13(21)19-20-14(22)17-9-5-2-1-3-6-9/h4,7-9H,1-3,5-6H2,(H2,17,20,22)(H2,18,19,21). The first-order valence-corrected chi connectivity index (χ1v) is 8.30. The van der Waals surface area contributed by atoms with Gasteiger partial charge in [0.2, 0.25) is 0 Å². The summed E-state index contributed by atoms with van der Waals surface area (Å²) >= 11 is 17.0. The van der Waals surface area contributed by atoms with E-state index in [1.54, 1.807) is 18.2 Å². The molecule has 1 saturated carbocycles. The first-order chi connectivity index (χ1) is 10.6. The maximum Gasteiger partial charge on any atom is 0.337 e. The highest BCUT2D eigenvalue weighted by molar-refractivity contribution is 7.80. The Balaban J connectivity index is 1.75. The molecule has 0 atom stereocenters. The number of halogens is 2. The van der Waals surface area contributed by atoms with Crippen molar-refractivity contribution in [3.63, 3.8) is 0 Å². The molecule has 0 radical (unpaired) electrons.